The second-order valence-corrected chi connectivity index (χ2v) is 5.45. The van der Waals surface area contributed by atoms with Gasteiger partial charge in [0.05, 0.1) is 27.9 Å². The van der Waals surface area contributed by atoms with E-state index in [0.29, 0.717) is 22.1 Å². The van der Waals surface area contributed by atoms with Gasteiger partial charge in [-0.3, -0.25) is 4.57 Å². The standard InChI is InChI=1S/C14H8BrClN4/c15-9-6-8(7-17)4-5-11(9)20-12-3-1-2-10(16)13(12)19-14(20)18/h1-6H,(H2,18,19). The predicted molar refractivity (Wildman–Crippen MR) is 82.9 cm³/mol. The lowest BCUT2D eigenvalue weighted by Gasteiger charge is -2.09. The number of aromatic nitrogens is 2. The average molecular weight is 348 g/mol. The number of nitrogens with zero attached hydrogens (tertiary/aromatic N) is 3. The van der Waals surface area contributed by atoms with Crippen molar-refractivity contribution in [3.05, 3.63) is 51.5 Å². The number of nitriles is 1. The van der Waals surface area contributed by atoms with Crippen molar-refractivity contribution in [1.29, 1.82) is 5.26 Å². The van der Waals surface area contributed by atoms with Gasteiger partial charge in [0, 0.05) is 4.47 Å². The Morgan fingerprint density at radius 1 is 1.30 bits per heavy atom. The fourth-order valence-corrected chi connectivity index (χ4v) is 2.86. The molecule has 0 bridgehead atoms. The van der Waals surface area contributed by atoms with E-state index < -0.39 is 0 Å². The van der Waals surface area contributed by atoms with Crippen LogP contribution >= 0.6 is 27.5 Å². The van der Waals surface area contributed by atoms with Gasteiger partial charge < -0.3 is 5.73 Å². The van der Waals surface area contributed by atoms with E-state index in [-0.39, 0.29) is 0 Å². The molecule has 0 atom stereocenters. The Labute approximate surface area is 128 Å². The van der Waals surface area contributed by atoms with E-state index >= 15 is 0 Å². The summed E-state index contributed by atoms with van der Waals surface area (Å²) in [6, 6.07) is 12.9. The maximum absolute atomic E-state index is 8.91. The molecule has 1 aromatic heterocycles. The number of halogens is 2. The van der Waals surface area contributed by atoms with E-state index in [2.05, 4.69) is 27.0 Å². The fourth-order valence-electron chi connectivity index (χ4n) is 2.09. The number of anilines is 1. The van der Waals surface area contributed by atoms with Gasteiger partial charge in [-0.1, -0.05) is 17.7 Å². The lowest BCUT2D eigenvalue weighted by molar-refractivity contribution is 1.10. The van der Waals surface area contributed by atoms with E-state index in [1.807, 2.05) is 18.2 Å². The minimum absolute atomic E-state index is 0.346. The second-order valence-electron chi connectivity index (χ2n) is 4.19. The van der Waals surface area contributed by atoms with Gasteiger partial charge in [0.2, 0.25) is 5.95 Å². The number of nitrogens with two attached hydrogens (primary N) is 1. The summed E-state index contributed by atoms with van der Waals surface area (Å²) in [4.78, 5) is 4.30. The molecule has 2 N–H and O–H groups in total. The van der Waals surface area contributed by atoms with Crippen LogP contribution in [0.3, 0.4) is 0 Å². The molecule has 0 aliphatic carbocycles. The van der Waals surface area contributed by atoms with Crippen molar-refractivity contribution in [2.45, 2.75) is 0 Å². The van der Waals surface area contributed by atoms with Gasteiger partial charge in [-0.25, -0.2) is 4.98 Å². The summed E-state index contributed by atoms with van der Waals surface area (Å²) in [5.74, 6) is 0.346. The Morgan fingerprint density at radius 2 is 2.10 bits per heavy atom. The van der Waals surface area contributed by atoms with Gasteiger partial charge in [0.1, 0.15) is 5.52 Å². The molecule has 0 aliphatic rings. The van der Waals surface area contributed by atoms with Crippen molar-refractivity contribution >= 4 is 44.5 Å². The highest BCUT2D eigenvalue weighted by Gasteiger charge is 2.14. The molecule has 0 radical (unpaired) electrons. The molecular weight excluding hydrogens is 340 g/mol. The van der Waals surface area contributed by atoms with Crippen LogP contribution in [0.25, 0.3) is 16.7 Å². The quantitative estimate of drug-likeness (QED) is 0.726. The summed E-state index contributed by atoms with van der Waals surface area (Å²) in [6.07, 6.45) is 0. The molecule has 0 fully saturated rings. The van der Waals surface area contributed by atoms with Gasteiger partial charge >= 0.3 is 0 Å². The van der Waals surface area contributed by atoms with Crippen LogP contribution in [-0.2, 0) is 0 Å². The molecule has 0 amide bonds. The van der Waals surface area contributed by atoms with Crippen LogP contribution in [0.15, 0.2) is 40.9 Å². The molecule has 3 aromatic rings. The van der Waals surface area contributed by atoms with Crippen molar-refractivity contribution in [1.82, 2.24) is 9.55 Å². The van der Waals surface area contributed by atoms with Crippen molar-refractivity contribution in [2.24, 2.45) is 0 Å². The third-order valence-electron chi connectivity index (χ3n) is 2.98. The summed E-state index contributed by atoms with van der Waals surface area (Å²) in [7, 11) is 0. The largest absolute Gasteiger partial charge is 0.369 e. The van der Waals surface area contributed by atoms with Crippen molar-refractivity contribution < 1.29 is 0 Å². The topological polar surface area (TPSA) is 67.6 Å². The minimum atomic E-state index is 0.346. The van der Waals surface area contributed by atoms with E-state index in [9.17, 15) is 0 Å². The molecule has 0 spiro atoms. The zero-order valence-corrected chi connectivity index (χ0v) is 12.5. The highest BCUT2D eigenvalue weighted by molar-refractivity contribution is 9.10. The Morgan fingerprint density at radius 3 is 2.80 bits per heavy atom. The van der Waals surface area contributed by atoms with Crippen molar-refractivity contribution in [2.75, 3.05) is 5.73 Å². The van der Waals surface area contributed by atoms with Crippen LogP contribution < -0.4 is 5.73 Å². The molecule has 0 saturated heterocycles. The monoisotopic (exact) mass is 346 g/mol. The highest BCUT2D eigenvalue weighted by atomic mass is 79.9. The number of para-hydroxylation sites is 1. The van der Waals surface area contributed by atoms with Crippen molar-refractivity contribution in [3.63, 3.8) is 0 Å². The number of benzene rings is 2. The van der Waals surface area contributed by atoms with Gasteiger partial charge in [0.25, 0.3) is 0 Å². The van der Waals surface area contributed by atoms with Crippen LogP contribution in [0.4, 0.5) is 5.95 Å². The smallest absolute Gasteiger partial charge is 0.206 e. The summed E-state index contributed by atoms with van der Waals surface area (Å²) in [5.41, 5.74) is 8.86. The second kappa shape index (κ2) is 4.82. The van der Waals surface area contributed by atoms with E-state index in [1.165, 1.54) is 0 Å². The van der Waals surface area contributed by atoms with Crippen LogP contribution in [0.5, 0.6) is 0 Å². The first kappa shape index (κ1) is 13.0. The Hall–Kier alpha value is -2.03. The maximum atomic E-state index is 8.91. The first-order chi connectivity index (χ1) is 9.61. The first-order valence-electron chi connectivity index (χ1n) is 5.74. The molecule has 0 unspecified atom stereocenters. The van der Waals surface area contributed by atoms with Gasteiger partial charge in [0.15, 0.2) is 0 Å². The number of fused-ring (bicyclic) bond motifs is 1. The third kappa shape index (κ3) is 1.94. The van der Waals surface area contributed by atoms with Crippen molar-refractivity contribution in [3.8, 4) is 11.8 Å². The molecule has 98 valence electrons. The summed E-state index contributed by atoms with van der Waals surface area (Å²) < 4.78 is 2.56. The van der Waals surface area contributed by atoms with E-state index in [4.69, 9.17) is 22.6 Å². The highest BCUT2D eigenvalue weighted by Crippen LogP contribution is 2.31. The average Bonchev–Trinajstić information content (AvgIpc) is 2.77. The number of hydrogen-bond donors (Lipinski definition) is 1. The van der Waals surface area contributed by atoms with Crippen LogP contribution in [-0.4, -0.2) is 9.55 Å². The lowest BCUT2D eigenvalue weighted by atomic mass is 10.2. The summed E-state index contributed by atoms with van der Waals surface area (Å²) in [6.45, 7) is 0. The number of imidazole rings is 1. The fraction of sp³-hybridized carbons (Fsp3) is 0. The molecule has 6 heteroatoms. The van der Waals surface area contributed by atoms with Crippen LogP contribution in [0.1, 0.15) is 5.56 Å². The number of rotatable bonds is 1. The summed E-state index contributed by atoms with van der Waals surface area (Å²) >= 11 is 9.59. The molecule has 0 aliphatic heterocycles. The SMILES string of the molecule is N#Cc1ccc(-n2c(N)nc3c(Cl)cccc32)c(Br)c1. The number of hydrogen-bond acceptors (Lipinski definition) is 3. The van der Waals surface area contributed by atoms with E-state index in [0.717, 1.165) is 15.7 Å². The lowest BCUT2D eigenvalue weighted by Crippen LogP contribution is -2.01. The van der Waals surface area contributed by atoms with Gasteiger partial charge in [-0.05, 0) is 46.3 Å². The Kier molecular flexibility index (Phi) is 3.13. The zero-order valence-electron chi connectivity index (χ0n) is 10.1. The summed E-state index contributed by atoms with van der Waals surface area (Å²) in [5, 5.41) is 9.47. The molecule has 3 rings (SSSR count). The predicted octanol–water partition coefficient (Wildman–Crippen LogP) is 3.90. The molecule has 20 heavy (non-hydrogen) atoms. The zero-order chi connectivity index (χ0) is 14.3. The van der Waals surface area contributed by atoms with E-state index in [1.54, 1.807) is 22.8 Å². The minimum Gasteiger partial charge on any atom is -0.369 e. The third-order valence-corrected chi connectivity index (χ3v) is 3.92. The normalized spacial score (nSPS) is 10.7. The number of nitrogen functional groups attached to an aromatic ring is 1. The molecule has 2 aromatic carbocycles. The van der Waals surface area contributed by atoms with Crippen LogP contribution in [0, 0.1) is 11.3 Å². The molecular formula is C14H8BrClN4. The Bertz CT molecular complexity index is 863. The Balaban J connectivity index is 2.33. The molecule has 1 heterocycles. The molecule has 0 saturated carbocycles. The maximum Gasteiger partial charge on any atom is 0.206 e. The first-order valence-corrected chi connectivity index (χ1v) is 6.91. The van der Waals surface area contributed by atoms with Gasteiger partial charge in [-0.15, -0.1) is 0 Å². The molecule has 4 nitrogen and oxygen atoms in total. The van der Waals surface area contributed by atoms with Gasteiger partial charge in [-0.2, -0.15) is 5.26 Å². The van der Waals surface area contributed by atoms with Crippen LogP contribution in [0.2, 0.25) is 5.02 Å².